The summed E-state index contributed by atoms with van der Waals surface area (Å²) in [6.07, 6.45) is 2.36. The quantitative estimate of drug-likeness (QED) is 0.489. The molecule has 0 aromatic heterocycles. The first-order valence-corrected chi connectivity index (χ1v) is 2.34. The fourth-order valence-electron chi connectivity index (χ4n) is 0. The Labute approximate surface area is 65.4 Å². The Bertz CT molecular complexity index is 136. The lowest BCUT2D eigenvalue weighted by atomic mass is 10.8. The van der Waals surface area contributed by atoms with Gasteiger partial charge in [-0.25, -0.2) is 0 Å². The SMILES string of the molecule is C=CC#N.C=CC#N.O=S. The van der Waals surface area contributed by atoms with Crippen molar-refractivity contribution in [2.75, 3.05) is 0 Å². The predicted molar refractivity (Wildman–Crippen MR) is 39.8 cm³/mol. The molecule has 0 rings (SSSR count). The normalized spacial score (nSPS) is 3.40. The van der Waals surface area contributed by atoms with E-state index in [4.69, 9.17) is 14.7 Å². The molecule has 0 aliphatic rings. The maximum absolute atomic E-state index is 7.83. The van der Waals surface area contributed by atoms with Crippen molar-refractivity contribution < 1.29 is 4.21 Å². The van der Waals surface area contributed by atoms with Gasteiger partial charge in [0.05, 0.1) is 12.1 Å². The summed E-state index contributed by atoms with van der Waals surface area (Å²) < 4.78 is 7.83. The lowest BCUT2D eigenvalue weighted by molar-refractivity contribution is 0.702. The van der Waals surface area contributed by atoms with Crippen LogP contribution < -0.4 is 0 Å². The first-order chi connectivity index (χ1) is 4.83. The van der Waals surface area contributed by atoms with Crippen molar-refractivity contribution in [3.05, 3.63) is 25.3 Å². The molecular weight excluding hydrogens is 148 g/mol. The van der Waals surface area contributed by atoms with Crippen LogP contribution in [0.3, 0.4) is 0 Å². The van der Waals surface area contributed by atoms with E-state index in [2.05, 4.69) is 25.7 Å². The van der Waals surface area contributed by atoms with Gasteiger partial charge in [-0.2, -0.15) is 14.7 Å². The molecule has 0 unspecified atom stereocenters. The van der Waals surface area contributed by atoms with Crippen LogP contribution in [0.2, 0.25) is 0 Å². The van der Waals surface area contributed by atoms with Gasteiger partial charge in [0.25, 0.3) is 0 Å². The van der Waals surface area contributed by atoms with E-state index in [1.54, 1.807) is 12.1 Å². The Balaban J connectivity index is -0.0000000787. The van der Waals surface area contributed by atoms with Crippen LogP contribution in [0.1, 0.15) is 0 Å². The van der Waals surface area contributed by atoms with Crippen molar-refractivity contribution in [1.82, 2.24) is 0 Å². The average Bonchev–Trinajstić information content (AvgIpc) is 2.08. The van der Waals surface area contributed by atoms with Gasteiger partial charge in [-0.05, 0) is 0 Å². The summed E-state index contributed by atoms with van der Waals surface area (Å²) in [6.45, 7) is 6.24. The van der Waals surface area contributed by atoms with Crippen molar-refractivity contribution in [2.45, 2.75) is 0 Å². The Morgan fingerprint density at radius 1 is 1.10 bits per heavy atom. The zero-order valence-corrected chi connectivity index (χ0v) is 6.10. The second-order valence-corrected chi connectivity index (χ2v) is 0.666. The fourth-order valence-corrected chi connectivity index (χ4v) is 0. The van der Waals surface area contributed by atoms with Crippen LogP contribution in [0.15, 0.2) is 25.3 Å². The smallest absolute Gasteiger partial charge is 0.197 e. The van der Waals surface area contributed by atoms with Crippen molar-refractivity contribution in [3.63, 3.8) is 0 Å². The van der Waals surface area contributed by atoms with Crippen LogP contribution in [-0.4, -0.2) is 4.21 Å². The van der Waals surface area contributed by atoms with Gasteiger partial charge >= 0.3 is 0 Å². The van der Waals surface area contributed by atoms with Gasteiger partial charge in [0, 0.05) is 12.2 Å². The van der Waals surface area contributed by atoms with Crippen molar-refractivity contribution in [3.8, 4) is 12.1 Å². The number of hydrogen-bond donors (Lipinski definition) is 0. The van der Waals surface area contributed by atoms with Gasteiger partial charge < -0.3 is 0 Å². The van der Waals surface area contributed by atoms with Crippen molar-refractivity contribution >= 4 is 12.5 Å². The molecule has 0 saturated heterocycles. The molecular formula is C6H6N2OS. The lowest BCUT2D eigenvalue weighted by Gasteiger charge is -1.31. The molecule has 0 fully saturated rings. The first kappa shape index (κ1) is 15.8. The predicted octanol–water partition coefficient (Wildman–Crippen LogP) is 1.06. The molecule has 0 saturated carbocycles. The molecule has 52 valence electrons. The van der Waals surface area contributed by atoms with Gasteiger partial charge in [0.15, 0.2) is 12.5 Å². The molecule has 0 bridgehead atoms. The van der Waals surface area contributed by atoms with E-state index in [1.807, 2.05) is 0 Å². The van der Waals surface area contributed by atoms with Crippen LogP contribution >= 0.6 is 0 Å². The van der Waals surface area contributed by atoms with Gasteiger partial charge in [-0.15, -0.1) is 0 Å². The number of nitrogens with zero attached hydrogens (tertiary/aromatic N) is 2. The van der Waals surface area contributed by atoms with Crippen LogP contribution in [-0.2, 0) is 12.5 Å². The molecule has 10 heavy (non-hydrogen) atoms. The van der Waals surface area contributed by atoms with Gasteiger partial charge in [0.1, 0.15) is 0 Å². The number of rotatable bonds is 0. The Kier molecular flexibility index (Phi) is 80.7. The van der Waals surface area contributed by atoms with Gasteiger partial charge in [-0.3, -0.25) is 0 Å². The largest absolute Gasteiger partial charge is 0.197 e. The monoisotopic (exact) mass is 154 g/mol. The molecule has 0 spiro atoms. The minimum atomic E-state index is 1.18. The van der Waals surface area contributed by atoms with E-state index in [0.29, 0.717) is 0 Å². The highest BCUT2D eigenvalue weighted by Crippen LogP contribution is 1.41. The van der Waals surface area contributed by atoms with E-state index in [9.17, 15) is 0 Å². The van der Waals surface area contributed by atoms with Crippen molar-refractivity contribution in [2.24, 2.45) is 0 Å². The third kappa shape index (κ3) is 845. The zero-order chi connectivity index (χ0) is 8.83. The van der Waals surface area contributed by atoms with Crippen LogP contribution in [0, 0.1) is 22.7 Å². The molecule has 0 aromatic carbocycles. The minimum Gasteiger partial charge on any atom is -0.197 e. The Hall–Kier alpha value is -1.52. The molecule has 0 N–H and O–H groups in total. The molecule has 0 aliphatic heterocycles. The van der Waals surface area contributed by atoms with E-state index in [-0.39, 0.29) is 0 Å². The molecule has 3 nitrogen and oxygen atoms in total. The fraction of sp³-hybridized carbons (Fsp3) is 0. The van der Waals surface area contributed by atoms with E-state index >= 15 is 0 Å². The topological polar surface area (TPSA) is 64.7 Å². The first-order valence-electron chi connectivity index (χ1n) is 2.01. The molecule has 0 aliphatic carbocycles. The average molecular weight is 154 g/mol. The molecule has 0 amide bonds. The third-order valence-electron chi connectivity index (χ3n) is 0.183. The standard InChI is InChI=1S/2C3H3N.OS/c2*1-2-3-4;1-2/h2*2H,1H2;. The zero-order valence-electron chi connectivity index (χ0n) is 5.28. The summed E-state index contributed by atoms with van der Waals surface area (Å²) in [5.41, 5.74) is 0. The van der Waals surface area contributed by atoms with Gasteiger partial charge in [-0.1, -0.05) is 13.2 Å². The van der Waals surface area contributed by atoms with E-state index < -0.39 is 0 Å². The lowest BCUT2D eigenvalue weighted by Crippen LogP contribution is -1.23. The highest BCUT2D eigenvalue weighted by atomic mass is 32.1. The van der Waals surface area contributed by atoms with Crippen LogP contribution in [0.4, 0.5) is 0 Å². The maximum Gasteiger partial charge on any atom is 0.197 e. The summed E-state index contributed by atoms with van der Waals surface area (Å²) in [5, 5.41) is 15.0. The summed E-state index contributed by atoms with van der Waals surface area (Å²) in [5.74, 6) is 0. The summed E-state index contributed by atoms with van der Waals surface area (Å²) in [6, 6.07) is 3.39. The third-order valence-corrected chi connectivity index (χ3v) is 0.183. The molecule has 0 heterocycles. The highest BCUT2D eigenvalue weighted by Gasteiger charge is 1.34. The van der Waals surface area contributed by atoms with Crippen LogP contribution in [0.25, 0.3) is 0 Å². The summed E-state index contributed by atoms with van der Waals surface area (Å²) >= 11 is 2.83. The van der Waals surface area contributed by atoms with E-state index in [0.717, 1.165) is 0 Å². The van der Waals surface area contributed by atoms with Gasteiger partial charge in [0.2, 0.25) is 0 Å². The number of nitriles is 2. The Morgan fingerprint density at radius 3 is 1.20 bits per heavy atom. The summed E-state index contributed by atoms with van der Waals surface area (Å²) in [7, 11) is 0. The maximum atomic E-state index is 7.83. The Morgan fingerprint density at radius 2 is 1.20 bits per heavy atom. The second kappa shape index (κ2) is 51.1. The molecule has 0 radical (unpaired) electrons. The highest BCUT2D eigenvalue weighted by molar-refractivity contribution is 7.44. The second-order valence-electron chi connectivity index (χ2n) is 0.666. The van der Waals surface area contributed by atoms with E-state index in [1.165, 1.54) is 12.2 Å². The van der Waals surface area contributed by atoms with Crippen LogP contribution in [0.5, 0.6) is 0 Å². The minimum absolute atomic E-state index is 1.18. The molecule has 4 heteroatoms. The van der Waals surface area contributed by atoms with Crippen molar-refractivity contribution in [1.29, 1.82) is 10.5 Å². The number of allylic oxidation sites excluding steroid dienone is 2. The molecule has 0 atom stereocenters. The molecule has 0 aromatic rings. The summed E-state index contributed by atoms with van der Waals surface area (Å²) in [4.78, 5) is 0. The number of hydrogen-bond acceptors (Lipinski definition) is 4.